The average molecular weight is 263 g/mol. The summed E-state index contributed by atoms with van der Waals surface area (Å²) in [5, 5.41) is 4.13. The smallest absolute Gasteiger partial charge is 0.248 e. The Bertz CT molecular complexity index is 501. The van der Waals surface area contributed by atoms with E-state index in [0.29, 0.717) is 5.56 Å². The first-order chi connectivity index (χ1) is 8.52. The van der Waals surface area contributed by atoms with Crippen molar-refractivity contribution in [3.63, 3.8) is 0 Å². The molecule has 3 N–H and O–H groups in total. The van der Waals surface area contributed by atoms with Gasteiger partial charge in [-0.1, -0.05) is 24.8 Å². The molecule has 1 amide bonds. The number of carbonyl (C=O) groups excluding carboxylic acids is 1. The third-order valence-corrected chi connectivity index (χ3v) is 4.28. The maximum Gasteiger partial charge on any atom is 0.248 e. The van der Waals surface area contributed by atoms with Gasteiger partial charge in [0.2, 0.25) is 5.91 Å². The van der Waals surface area contributed by atoms with Gasteiger partial charge in [0.1, 0.15) is 0 Å². The Hall–Kier alpha value is -1.49. The number of benzene rings is 1. The lowest BCUT2D eigenvalue weighted by Crippen LogP contribution is -2.20. The number of carbonyl (C=O) groups is 1. The number of aliphatic imine (C=N–C) groups is 1. The van der Waals surface area contributed by atoms with Gasteiger partial charge in [0.25, 0.3) is 0 Å². The second-order valence-electron chi connectivity index (χ2n) is 4.63. The highest BCUT2D eigenvalue weighted by Crippen LogP contribution is 2.30. The summed E-state index contributed by atoms with van der Waals surface area (Å²) >= 11 is 1.71. The van der Waals surface area contributed by atoms with Crippen molar-refractivity contribution >= 4 is 28.5 Å². The molecule has 0 aliphatic carbocycles. The summed E-state index contributed by atoms with van der Waals surface area (Å²) in [6.45, 7) is 4.29. The first-order valence-electron chi connectivity index (χ1n) is 5.92. The third-order valence-electron chi connectivity index (χ3n) is 3.05. The number of amides is 1. The molecule has 1 unspecified atom stereocenters. The van der Waals surface area contributed by atoms with Crippen LogP contribution in [0, 0.1) is 0 Å². The number of nitrogens with one attached hydrogen (secondary N) is 1. The Morgan fingerprint density at radius 2 is 2.39 bits per heavy atom. The van der Waals surface area contributed by atoms with Crippen molar-refractivity contribution in [2.75, 3.05) is 11.1 Å². The fourth-order valence-electron chi connectivity index (χ4n) is 1.65. The molecule has 96 valence electrons. The maximum atomic E-state index is 11.1. The monoisotopic (exact) mass is 263 g/mol. The molecule has 0 aromatic heterocycles. The standard InChI is InChI=1S/C13H17N3OS/c1-3-13(2)8-18-12(16-13)15-10-6-4-5-9(7-10)11(14)17/h4-7H,3,8H2,1-2H3,(H2,14,17)(H,15,16). The molecule has 0 radical (unpaired) electrons. The van der Waals surface area contributed by atoms with E-state index in [9.17, 15) is 4.79 Å². The summed E-state index contributed by atoms with van der Waals surface area (Å²) in [7, 11) is 0. The zero-order valence-corrected chi connectivity index (χ0v) is 11.4. The summed E-state index contributed by atoms with van der Waals surface area (Å²) < 4.78 is 0. The summed E-state index contributed by atoms with van der Waals surface area (Å²) in [6.07, 6.45) is 1.02. The molecule has 0 fully saturated rings. The zero-order valence-electron chi connectivity index (χ0n) is 10.6. The molecule has 2 rings (SSSR count). The van der Waals surface area contributed by atoms with Crippen LogP contribution < -0.4 is 11.1 Å². The third kappa shape index (κ3) is 2.85. The van der Waals surface area contributed by atoms with Crippen LogP contribution in [0.2, 0.25) is 0 Å². The van der Waals surface area contributed by atoms with Crippen LogP contribution in [0.5, 0.6) is 0 Å². The summed E-state index contributed by atoms with van der Waals surface area (Å²) in [5.74, 6) is 0.569. The van der Waals surface area contributed by atoms with E-state index in [1.807, 2.05) is 12.1 Å². The number of hydrogen-bond donors (Lipinski definition) is 2. The molecule has 1 aromatic carbocycles. The molecule has 0 saturated heterocycles. The highest BCUT2D eigenvalue weighted by atomic mass is 32.2. The Morgan fingerprint density at radius 1 is 1.61 bits per heavy atom. The van der Waals surface area contributed by atoms with E-state index in [1.165, 1.54) is 0 Å². The van der Waals surface area contributed by atoms with Gasteiger partial charge in [-0.25, -0.2) is 0 Å². The SMILES string of the molecule is CCC1(C)CSC(Nc2cccc(C(N)=O)c2)=N1. The van der Waals surface area contributed by atoms with Crippen LogP contribution in [0.1, 0.15) is 30.6 Å². The van der Waals surface area contributed by atoms with Crippen molar-refractivity contribution in [2.24, 2.45) is 10.7 Å². The Labute approximate surface area is 111 Å². The molecule has 1 aliphatic rings. The number of thioether (sulfide) groups is 1. The normalized spacial score (nSPS) is 22.7. The van der Waals surface area contributed by atoms with Crippen molar-refractivity contribution in [1.82, 2.24) is 0 Å². The minimum Gasteiger partial charge on any atom is -0.366 e. The summed E-state index contributed by atoms with van der Waals surface area (Å²) in [6, 6.07) is 7.15. The first-order valence-corrected chi connectivity index (χ1v) is 6.90. The van der Waals surface area contributed by atoms with Crippen LogP contribution in [0.15, 0.2) is 29.3 Å². The van der Waals surface area contributed by atoms with Crippen LogP contribution in [-0.2, 0) is 0 Å². The highest BCUT2D eigenvalue weighted by Gasteiger charge is 2.28. The van der Waals surface area contributed by atoms with Gasteiger partial charge in [0.15, 0.2) is 5.17 Å². The van der Waals surface area contributed by atoms with E-state index in [0.717, 1.165) is 23.0 Å². The summed E-state index contributed by atoms with van der Waals surface area (Å²) in [4.78, 5) is 15.8. The van der Waals surface area contributed by atoms with Crippen molar-refractivity contribution in [1.29, 1.82) is 0 Å². The van der Waals surface area contributed by atoms with Gasteiger partial charge in [-0.2, -0.15) is 0 Å². The van der Waals surface area contributed by atoms with Gasteiger partial charge in [0.05, 0.1) is 5.54 Å². The van der Waals surface area contributed by atoms with E-state index in [4.69, 9.17) is 5.73 Å². The average Bonchev–Trinajstić information content (AvgIpc) is 2.72. The predicted octanol–water partition coefficient (Wildman–Crippen LogP) is 2.47. The fourth-order valence-corrected chi connectivity index (χ4v) is 2.84. The molecular weight excluding hydrogens is 246 g/mol. The minimum absolute atomic E-state index is 0.0221. The Kier molecular flexibility index (Phi) is 3.61. The van der Waals surface area contributed by atoms with E-state index in [1.54, 1.807) is 23.9 Å². The molecule has 0 saturated carbocycles. The minimum atomic E-state index is -0.418. The summed E-state index contributed by atoms with van der Waals surface area (Å²) in [5.41, 5.74) is 6.62. The Morgan fingerprint density at radius 3 is 3.00 bits per heavy atom. The fraction of sp³-hybridized carbons (Fsp3) is 0.385. The topological polar surface area (TPSA) is 67.5 Å². The number of nitrogens with zero attached hydrogens (tertiary/aromatic N) is 1. The lowest BCUT2D eigenvalue weighted by atomic mass is 10.0. The first kappa shape index (κ1) is 13.0. The molecule has 1 aromatic rings. The molecule has 1 atom stereocenters. The van der Waals surface area contributed by atoms with Gasteiger partial charge in [-0.15, -0.1) is 0 Å². The van der Waals surface area contributed by atoms with Gasteiger partial charge in [-0.05, 0) is 31.5 Å². The van der Waals surface area contributed by atoms with E-state index in [-0.39, 0.29) is 5.54 Å². The molecule has 4 nitrogen and oxygen atoms in total. The number of primary amides is 1. The molecule has 1 aliphatic heterocycles. The maximum absolute atomic E-state index is 11.1. The van der Waals surface area contributed by atoms with Crippen LogP contribution in [0.3, 0.4) is 0 Å². The van der Waals surface area contributed by atoms with Gasteiger partial charge in [-0.3, -0.25) is 9.79 Å². The van der Waals surface area contributed by atoms with Crippen molar-refractivity contribution < 1.29 is 4.79 Å². The lowest BCUT2D eigenvalue weighted by molar-refractivity contribution is 0.100. The van der Waals surface area contributed by atoms with Gasteiger partial charge >= 0.3 is 0 Å². The Balaban J connectivity index is 2.13. The van der Waals surface area contributed by atoms with Crippen LogP contribution in [0.25, 0.3) is 0 Å². The molecule has 5 heteroatoms. The molecule has 18 heavy (non-hydrogen) atoms. The second-order valence-corrected chi connectivity index (χ2v) is 5.59. The lowest BCUT2D eigenvalue weighted by Gasteiger charge is -2.15. The molecule has 0 bridgehead atoms. The van der Waals surface area contributed by atoms with Crippen molar-refractivity contribution in [3.8, 4) is 0 Å². The van der Waals surface area contributed by atoms with Gasteiger partial charge in [0, 0.05) is 17.0 Å². The van der Waals surface area contributed by atoms with E-state index >= 15 is 0 Å². The number of amidine groups is 1. The van der Waals surface area contributed by atoms with Crippen molar-refractivity contribution in [2.45, 2.75) is 25.8 Å². The number of anilines is 1. The zero-order chi connectivity index (χ0) is 13.2. The number of rotatable bonds is 3. The van der Waals surface area contributed by atoms with Gasteiger partial charge < -0.3 is 11.1 Å². The highest BCUT2D eigenvalue weighted by molar-refractivity contribution is 8.14. The molecule has 0 spiro atoms. The predicted molar refractivity (Wildman–Crippen MR) is 77.2 cm³/mol. The number of hydrogen-bond acceptors (Lipinski definition) is 4. The van der Waals surface area contributed by atoms with E-state index < -0.39 is 5.91 Å². The molecular formula is C13H17N3OS. The van der Waals surface area contributed by atoms with Crippen LogP contribution in [0.4, 0.5) is 5.69 Å². The van der Waals surface area contributed by atoms with E-state index in [2.05, 4.69) is 24.2 Å². The van der Waals surface area contributed by atoms with Crippen LogP contribution >= 0.6 is 11.8 Å². The largest absolute Gasteiger partial charge is 0.366 e. The van der Waals surface area contributed by atoms with Crippen molar-refractivity contribution in [3.05, 3.63) is 29.8 Å². The quantitative estimate of drug-likeness (QED) is 0.880. The number of nitrogens with two attached hydrogens (primary N) is 1. The second kappa shape index (κ2) is 5.02. The van der Waals surface area contributed by atoms with Crippen LogP contribution in [-0.4, -0.2) is 22.4 Å². The molecule has 1 heterocycles.